The van der Waals surface area contributed by atoms with E-state index in [4.69, 9.17) is 0 Å². The van der Waals surface area contributed by atoms with Crippen LogP contribution in [0.2, 0.25) is 0 Å². The molecule has 0 aliphatic heterocycles. The van der Waals surface area contributed by atoms with Gasteiger partial charge in [0, 0.05) is 31.4 Å². The van der Waals surface area contributed by atoms with Crippen molar-refractivity contribution in [1.82, 2.24) is 14.9 Å². The van der Waals surface area contributed by atoms with Crippen molar-refractivity contribution >= 4 is 0 Å². The lowest BCUT2D eigenvalue weighted by Crippen LogP contribution is -2.33. The summed E-state index contributed by atoms with van der Waals surface area (Å²) in [6.45, 7) is 10.9. The molecule has 1 atom stereocenters. The van der Waals surface area contributed by atoms with E-state index in [-0.39, 0.29) is 0 Å². The largest absolute Gasteiger partial charge is 0.335 e. The normalized spacial score (nSPS) is 13.3. The number of aryl methyl sites for hydroxylation is 1. The molecule has 1 aromatic rings. The van der Waals surface area contributed by atoms with Gasteiger partial charge in [-0.1, -0.05) is 20.8 Å². The van der Waals surface area contributed by atoms with Crippen LogP contribution in [0.15, 0.2) is 12.4 Å². The van der Waals surface area contributed by atoms with Gasteiger partial charge in [0.1, 0.15) is 5.82 Å². The second-order valence-electron chi connectivity index (χ2n) is 4.72. The Kier molecular flexibility index (Phi) is 5.53. The van der Waals surface area contributed by atoms with Crippen LogP contribution in [0.25, 0.3) is 0 Å². The van der Waals surface area contributed by atoms with Crippen LogP contribution >= 0.6 is 0 Å². The predicted octanol–water partition coefficient (Wildman–Crippen LogP) is 2.47. The van der Waals surface area contributed by atoms with E-state index in [9.17, 15) is 0 Å². The van der Waals surface area contributed by atoms with E-state index in [2.05, 4.69) is 48.8 Å². The fourth-order valence-corrected chi connectivity index (χ4v) is 2.13. The van der Waals surface area contributed by atoms with Gasteiger partial charge >= 0.3 is 0 Å². The third-order valence-corrected chi connectivity index (χ3v) is 2.82. The first-order valence-corrected chi connectivity index (χ1v) is 6.40. The molecule has 0 saturated carbocycles. The number of likely N-dealkylation sites (N-methyl/N-ethyl adjacent to an activating group) is 1. The number of aromatic nitrogens is 2. The molecule has 0 spiro atoms. The lowest BCUT2D eigenvalue weighted by molar-refractivity contribution is 0.413. The standard InChI is InChI=1S/C13H25N3/c1-5-14-12(9-11(3)4)10-13-15-7-8-16(13)6-2/h7-8,11-12,14H,5-6,9-10H2,1-4H3. The van der Waals surface area contributed by atoms with Crippen LogP contribution in [0.4, 0.5) is 0 Å². The van der Waals surface area contributed by atoms with Crippen LogP contribution < -0.4 is 5.32 Å². The smallest absolute Gasteiger partial charge is 0.110 e. The average Bonchev–Trinajstić information content (AvgIpc) is 2.64. The predicted molar refractivity (Wildman–Crippen MR) is 68.5 cm³/mol. The van der Waals surface area contributed by atoms with Gasteiger partial charge in [-0.3, -0.25) is 0 Å². The molecule has 0 aliphatic rings. The van der Waals surface area contributed by atoms with Crippen molar-refractivity contribution in [3.05, 3.63) is 18.2 Å². The highest BCUT2D eigenvalue weighted by Crippen LogP contribution is 2.10. The maximum atomic E-state index is 4.44. The molecular weight excluding hydrogens is 198 g/mol. The molecule has 0 saturated heterocycles. The van der Waals surface area contributed by atoms with Crippen LogP contribution in [-0.4, -0.2) is 22.1 Å². The number of rotatable bonds is 7. The summed E-state index contributed by atoms with van der Waals surface area (Å²) in [7, 11) is 0. The quantitative estimate of drug-likeness (QED) is 0.769. The van der Waals surface area contributed by atoms with E-state index in [1.807, 2.05) is 6.20 Å². The van der Waals surface area contributed by atoms with Crippen molar-refractivity contribution in [2.24, 2.45) is 5.92 Å². The highest BCUT2D eigenvalue weighted by atomic mass is 15.1. The zero-order valence-electron chi connectivity index (χ0n) is 11.0. The highest BCUT2D eigenvalue weighted by Gasteiger charge is 2.13. The molecule has 0 bridgehead atoms. The van der Waals surface area contributed by atoms with Gasteiger partial charge in [0.05, 0.1) is 0 Å². The molecular formula is C13H25N3. The van der Waals surface area contributed by atoms with E-state index < -0.39 is 0 Å². The number of hydrogen-bond donors (Lipinski definition) is 1. The summed E-state index contributed by atoms with van der Waals surface area (Å²) < 4.78 is 2.23. The summed E-state index contributed by atoms with van der Waals surface area (Å²) in [5.41, 5.74) is 0. The lowest BCUT2D eigenvalue weighted by atomic mass is 10.0. The van der Waals surface area contributed by atoms with E-state index in [1.54, 1.807) is 0 Å². The Morgan fingerprint density at radius 1 is 1.38 bits per heavy atom. The SMILES string of the molecule is CCNC(Cc1nccn1CC)CC(C)C. The maximum Gasteiger partial charge on any atom is 0.110 e. The topological polar surface area (TPSA) is 29.9 Å². The zero-order chi connectivity index (χ0) is 12.0. The Labute approximate surface area is 99.3 Å². The molecule has 1 aromatic heterocycles. The average molecular weight is 223 g/mol. The van der Waals surface area contributed by atoms with Gasteiger partial charge in [-0.25, -0.2) is 4.98 Å². The number of nitrogens with zero attached hydrogens (tertiary/aromatic N) is 2. The highest BCUT2D eigenvalue weighted by molar-refractivity contribution is 4.95. The first-order chi connectivity index (χ1) is 7.67. The summed E-state index contributed by atoms with van der Waals surface area (Å²) >= 11 is 0. The molecule has 16 heavy (non-hydrogen) atoms. The summed E-state index contributed by atoms with van der Waals surface area (Å²) in [5.74, 6) is 1.93. The molecule has 0 radical (unpaired) electrons. The van der Waals surface area contributed by atoms with Gasteiger partial charge in [-0.2, -0.15) is 0 Å². The molecule has 0 amide bonds. The zero-order valence-corrected chi connectivity index (χ0v) is 11.0. The van der Waals surface area contributed by atoms with Crippen LogP contribution in [0.3, 0.4) is 0 Å². The van der Waals surface area contributed by atoms with Crippen LogP contribution in [-0.2, 0) is 13.0 Å². The second kappa shape index (κ2) is 6.69. The second-order valence-corrected chi connectivity index (χ2v) is 4.72. The van der Waals surface area contributed by atoms with Crippen molar-refractivity contribution in [3.63, 3.8) is 0 Å². The molecule has 3 nitrogen and oxygen atoms in total. The molecule has 3 heteroatoms. The molecule has 1 rings (SSSR count). The Morgan fingerprint density at radius 3 is 2.69 bits per heavy atom. The van der Waals surface area contributed by atoms with E-state index in [1.165, 1.54) is 12.2 Å². The third kappa shape index (κ3) is 3.97. The van der Waals surface area contributed by atoms with E-state index >= 15 is 0 Å². The van der Waals surface area contributed by atoms with Crippen molar-refractivity contribution in [3.8, 4) is 0 Å². The van der Waals surface area contributed by atoms with Crippen LogP contribution in [0, 0.1) is 5.92 Å². The van der Waals surface area contributed by atoms with Crippen LogP contribution in [0.5, 0.6) is 0 Å². The molecule has 92 valence electrons. The summed E-state index contributed by atoms with van der Waals surface area (Å²) in [5, 5.41) is 3.55. The molecule has 0 aliphatic carbocycles. The summed E-state index contributed by atoms with van der Waals surface area (Å²) in [6, 6.07) is 0.553. The van der Waals surface area contributed by atoms with Gasteiger partial charge < -0.3 is 9.88 Å². The van der Waals surface area contributed by atoms with E-state index in [0.717, 1.165) is 25.4 Å². The first-order valence-electron chi connectivity index (χ1n) is 6.40. The Morgan fingerprint density at radius 2 is 2.12 bits per heavy atom. The first kappa shape index (κ1) is 13.2. The van der Waals surface area contributed by atoms with Crippen molar-refractivity contribution in [1.29, 1.82) is 0 Å². The molecule has 0 aromatic carbocycles. The lowest BCUT2D eigenvalue weighted by Gasteiger charge is -2.20. The van der Waals surface area contributed by atoms with Crippen molar-refractivity contribution in [2.75, 3.05) is 6.54 Å². The van der Waals surface area contributed by atoms with E-state index in [0.29, 0.717) is 6.04 Å². The Hall–Kier alpha value is -0.830. The van der Waals surface area contributed by atoms with Gasteiger partial charge in [0.15, 0.2) is 0 Å². The third-order valence-electron chi connectivity index (χ3n) is 2.82. The maximum absolute atomic E-state index is 4.44. The molecule has 1 N–H and O–H groups in total. The molecule has 0 fully saturated rings. The van der Waals surface area contributed by atoms with Gasteiger partial charge in [-0.15, -0.1) is 0 Å². The number of nitrogens with one attached hydrogen (secondary N) is 1. The van der Waals surface area contributed by atoms with Crippen LogP contribution in [0.1, 0.15) is 39.9 Å². The molecule has 1 unspecified atom stereocenters. The van der Waals surface area contributed by atoms with Gasteiger partial charge in [-0.05, 0) is 25.8 Å². The monoisotopic (exact) mass is 223 g/mol. The fourth-order valence-electron chi connectivity index (χ4n) is 2.13. The number of imidazole rings is 1. The fraction of sp³-hybridized carbons (Fsp3) is 0.769. The minimum atomic E-state index is 0.553. The summed E-state index contributed by atoms with van der Waals surface area (Å²) in [6.07, 6.45) is 6.21. The minimum Gasteiger partial charge on any atom is -0.335 e. The Balaban J connectivity index is 2.59. The summed E-state index contributed by atoms with van der Waals surface area (Å²) in [4.78, 5) is 4.44. The number of hydrogen-bond acceptors (Lipinski definition) is 2. The Bertz CT molecular complexity index is 291. The van der Waals surface area contributed by atoms with Gasteiger partial charge in [0.2, 0.25) is 0 Å². The molecule has 1 heterocycles. The van der Waals surface area contributed by atoms with Crippen molar-refractivity contribution < 1.29 is 0 Å². The minimum absolute atomic E-state index is 0.553. The van der Waals surface area contributed by atoms with Gasteiger partial charge in [0.25, 0.3) is 0 Å². The van der Waals surface area contributed by atoms with Crippen molar-refractivity contribution in [2.45, 2.75) is 53.1 Å².